The van der Waals surface area contributed by atoms with E-state index in [2.05, 4.69) is 14.9 Å². The zero-order chi connectivity index (χ0) is 18.6. The third-order valence-electron chi connectivity index (χ3n) is 4.57. The lowest BCUT2D eigenvalue weighted by Gasteiger charge is -2.10. The Morgan fingerprint density at radius 2 is 2.04 bits per heavy atom. The van der Waals surface area contributed by atoms with Crippen molar-refractivity contribution in [3.05, 3.63) is 60.6 Å². The highest BCUT2D eigenvalue weighted by Gasteiger charge is 2.16. The minimum atomic E-state index is -0.214. The molecule has 2 aromatic carbocycles. The summed E-state index contributed by atoms with van der Waals surface area (Å²) < 4.78 is 12.9. The van der Waals surface area contributed by atoms with Gasteiger partial charge in [0.25, 0.3) is 5.91 Å². The molecule has 1 N–H and O–H groups in total. The fourth-order valence-electron chi connectivity index (χ4n) is 3.28. The maximum atomic E-state index is 12.2. The third kappa shape index (κ3) is 3.79. The number of hydrogen-bond acceptors (Lipinski definition) is 4. The fraction of sp³-hybridized carbons (Fsp3) is 0.238. The van der Waals surface area contributed by atoms with E-state index in [0.717, 1.165) is 42.2 Å². The van der Waals surface area contributed by atoms with E-state index in [9.17, 15) is 4.79 Å². The quantitative estimate of drug-likeness (QED) is 0.728. The van der Waals surface area contributed by atoms with Crippen LogP contribution < -0.4 is 14.8 Å². The molecule has 1 aromatic heterocycles. The largest absolute Gasteiger partial charge is 0.497 e. The number of imidazole rings is 1. The average molecular weight is 363 g/mol. The summed E-state index contributed by atoms with van der Waals surface area (Å²) in [6, 6.07) is 15.0. The molecular weight excluding hydrogens is 342 g/mol. The molecule has 2 heterocycles. The van der Waals surface area contributed by atoms with Gasteiger partial charge in [-0.3, -0.25) is 4.79 Å². The number of ether oxygens (including phenoxy) is 2. The lowest BCUT2D eigenvalue weighted by atomic mass is 10.1. The van der Waals surface area contributed by atoms with Crippen LogP contribution in [-0.4, -0.2) is 29.2 Å². The number of hydrogen-bond donors (Lipinski definition) is 1. The molecule has 6 heteroatoms. The number of rotatable bonds is 6. The Balaban J connectivity index is 1.41. The van der Waals surface area contributed by atoms with Crippen LogP contribution in [0.25, 0.3) is 11.3 Å². The van der Waals surface area contributed by atoms with Crippen LogP contribution in [-0.2, 0) is 17.8 Å². The zero-order valence-corrected chi connectivity index (χ0v) is 15.1. The number of aryl methyl sites for hydroxylation is 1. The van der Waals surface area contributed by atoms with Crippen LogP contribution >= 0.6 is 0 Å². The summed E-state index contributed by atoms with van der Waals surface area (Å²) in [6.07, 6.45) is 4.06. The molecule has 3 aromatic rings. The van der Waals surface area contributed by atoms with Crippen molar-refractivity contribution in [2.24, 2.45) is 0 Å². The van der Waals surface area contributed by atoms with Gasteiger partial charge in [0.05, 0.1) is 19.0 Å². The molecule has 0 radical (unpaired) electrons. The van der Waals surface area contributed by atoms with Crippen LogP contribution in [0.1, 0.15) is 12.2 Å². The molecule has 138 valence electrons. The molecule has 0 aliphatic carbocycles. The van der Waals surface area contributed by atoms with E-state index in [1.165, 1.54) is 0 Å². The molecule has 1 aliphatic rings. The van der Waals surface area contributed by atoms with E-state index in [4.69, 9.17) is 9.47 Å². The van der Waals surface area contributed by atoms with Gasteiger partial charge in [0.1, 0.15) is 17.3 Å². The van der Waals surface area contributed by atoms with Crippen molar-refractivity contribution >= 4 is 11.6 Å². The standard InChI is InChI=1S/C21H21N3O3/c1-26-17-7-3-8-18(12-17)27-14-21(25)23-16-6-2-5-15(11-16)19-13-22-20-9-4-10-24(19)20/h2-3,5-8,11-13H,4,9-10,14H2,1H3,(H,23,25). The first-order valence-corrected chi connectivity index (χ1v) is 8.94. The van der Waals surface area contributed by atoms with Crippen molar-refractivity contribution in [2.75, 3.05) is 19.0 Å². The number of aromatic nitrogens is 2. The number of nitrogens with zero attached hydrogens (tertiary/aromatic N) is 2. The summed E-state index contributed by atoms with van der Waals surface area (Å²) in [5.74, 6) is 2.20. The highest BCUT2D eigenvalue weighted by atomic mass is 16.5. The number of anilines is 1. The van der Waals surface area contributed by atoms with Crippen molar-refractivity contribution in [3.8, 4) is 22.8 Å². The second-order valence-electron chi connectivity index (χ2n) is 6.41. The molecule has 0 unspecified atom stereocenters. The normalized spacial score (nSPS) is 12.5. The lowest BCUT2D eigenvalue weighted by Crippen LogP contribution is -2.20. The molecule has 1 amide bonds. The SMILES string of the molecule is COc1cccc(OCC(=O)Nc2cccc(-c3cnc4n3CCC4)c2)c1. The topological polar surface area (TPSA) is 65.4 Å². The highest BCUT2D eigenvalue weighted by Crippen LogP contribution is 2.27. The van der Waals surface area contributed by atoms with E-state index in [0.29, 0.717) is 11.5 Å². The van der Waals surface area contributed by atoms with Crippen molar-refractivity contribution in [3.63, 3.8) is 0 Å². The highest BCUT2D eigenvalue weighted by molar-refractivity contribution is 5.92. The van der Waals surface area contributed by atoms with Gasteiger partial charge < -0.3 is 19.4 Å². The van der Waals surface area contributed by atoms with Gasteiger partial charge >= 0.3 is 0 Å². The van der Waals surface area contributed by atoms with Crippen LogP contribution in [0.3, 0.4) is 0 Å². The van der Waals surface area contributed by atoms with E-state index >= 15 is 0 Å². The Morgan fingerprint density at radius 3 is 2.93 bits per heavy atom. The second kappa shape index (κ2) is 7.53. The molecule has 0 atom stereocenters. The van der Waals surface area contributed by atoms with Gasteiger partial charge in [-0.05, 0) is 30.7 Å². The van der Waals surface area contributed by atoms with Crippen LogP contribution in [0.15, 0.2) is 54.7 Å². The number of amides is 1. The molecule has 0 saturated heterocycles. The smallest absolute Gasteiger partial charge is 0.262 e. The summed E-state index contributed by atoms with van der Waals surface area (Å²) in [4.78, 5) is 16.7. The van der Waals surface area contributed by atoms with Crippen molar-refractivity contribution in [2.45, 2.75) is 19.4 Å². The Kier molecular flexibility index (Phi) is 4.78. The maximum absolute atomic E-state index is 12.2. The van der Waals surface area contributed by atoms with Gasteiger partial charge in [-0.25, -0.2) is 4.98 Å². The molecular formula is C21H21N3O3. The summed E-state index contributed by atoms with van der Waals surface area (Å²) in [5.41, 5.74) is 2.87. The predicted octanol–water partition coefficient (Wildman–Crippen LogP) is 3.52. The molecule has 0 fully saturated rings. The number of carbonyl (C=O) groups excluding carboxylic acids is 1. The van der Waals surface area contributed by atoms with Gasteiger partial charge in [0.2, 0.25) is 0 Å². The lowest BCUT2D eigenvalue weighted by molar-refractivity contribution is -0.118. The molecule has 0 saturated carbocycles. The predicted molar refractivity (Wildman–Crippen MR) is 103 cm³/mol. The zero-order valence-electron chi connectivity index (χ0n) is 15.1. The number of carbonyl (C=O) groups is 1. The van der Waals surface area contributed by atoms with E-state index < -0.39 is 0 Å². The number of nitrogens with one attached hydrogen (secondary N) is 1. The van der Waals surface area contributed by atoms with Gasteiger partial charge in [-0.1, -0.05) is 18.2 Å². The van der Waals surface area contributed by atoms with Crippen LogP contribution in [0, 0.1) is 0 Å². The fourth-order valence-corrected chi connectivity index (χ4v) is 3.28. The summed E-state index contributed by atoms with van der Waals surface area (Å²) in [7, 11) is 1.59. The first kappa shape index (κ1) is 17.1. The molecule has 0 spiro atoms. The summed E-state index contributed by atoms with van der Waals surface area (Å²) in [6.45, 7) is 0.926. The maximum Gasteiger partial charge on any atom is 0.262 e. The number of benzene rings is 2. The monoisotopic (exact) mass is 363 g/mol. The third-order valence-corrected chi connectivity index (χ3v) is 4.57. The van der Waals surface area contributed by atoms with Crippen LogP contribution in [0.5, 0.6) is 11.5 Å². The number of methoxy groups -OCH3 is 1. The van der Waals surface area contributed by atoms with E-state index in [-0.39, 0.29) is 12.5 Å². The number of fused-ring (bicyclic) bond motifs is 1. The summed E-state index contributed by atoms with van der Waals surface area (Å²) in [5, 5.41) is 2.89. The van der Waals surface area contributed by atoms with Crippen LogP contribution in [0.2, 0.25) is 0 Å². The van der Waals surface area contributed by atoms with Gasteiger partial charge in [0.15, 0.2) is 6.61 Å². The Morgan fingerprint density at radius 1 is 1.19 bits per heavy atom. The minimum Gasteiger partial charge on any atom is -0.497 e. The van der Waals surface area contributed by atoms with Gasteiger partial charge in [-0.2, -0.15) is 0 Å². The van der Waals surface area contributed by atoms with Gasteiger partial charge in [0, 0.05) is 30.3 Å². The second-order valence-corrected chi connectivity index (χ2v) is 6.41. The summed E-state index contributed by atoms with van der Waals surface area (Å²) >= 11 is 0. The van der Waals surface area contributed by atoms with Crippen LogP contribution in [0.4, 0.5) is 5.69 Å². The first-order chi connectivity index (χ1) is 13.2. The molecule has 27 heavy (non-hydrogen) atoms. The van der Waals surface area contributed by atoms with E-state index in [1.54, 1.807) is 19.2 Å². The molecule has 1 aliphatic heterocycles. The molecule has 0 bridgehead atoms. The van der Waals surface area contributed by atoms with Crippen molar-refractivity contribution < 1.29 is 14.3 Å². The Labute approximate surface area is 157 Å². The average Bonchev–Trinajstić information content (AvgIpc) is 3.30. The van der Waals surface area contributed by atoms with Crippen molar-refractivity contribution in [1.29, 1.82) is 0 Å². The Bertz CT molecular complexity index is 965. The van der Waals surface area contributed by atoms with Crippen molar-refractivity contribution in [1.82, 2.24) is 9.55 Å². The van der Waals surface area contributed by atoms with Gasteiger partial charge in [-0.15, -0.1) is 0 Å². The first-order valence-electron chi connectivity index (χ1n) is 8.94. The molecule has 6 nitrogen and oxygen atoms in total. The minimum absolute atomic E-state index is 0.0700. The molecule has 4 rings (SSSR count). The Hall–Kier alpha value is -3.28. The van der Waals surface area contributed by atoms with E-state index in [1.807, 2.05) is 42.6 Å².